The molecule has 1 aromatic carbocycles. The highest BCUT2D eigenvalue weighted by atomic mass is 32.1. The van der Waals surface area contributed by atoms with E-state index < -0.39 is 6.04 Å². The molecule has 2 aromatic heterocycles. The number of hydrogen-bond acceptors (Lipinski definition) is 6. The summed E-state index contributed by atoms with van der Waals surface area (Å²) in [5.74, 6) is -0.632. The Morgan fingerprint density at radius 3 is 2.39 bits per heavy atom. The molecule has 0 fully saturated rings. The van der Waals surface area contributed by atoms with Gasteiger partial charge in [0.05, 0.1) is 0 Å². The molecular formula is C20H22N4O2S2. The molecule has 1 unspecified atom stereocenters. The molecule has 3 rings (SSSR count). The van der Waals surface area contributed by atoms with Crippen molar-refractivity contribution >= 4 is 39.6 Å². The molecule has 8 heteroatoms. The summed E-state index contributed by atoms with van der Waals surface area (Å²) >= 11 is 2.87. The van der Waals surface area contributed by atoms with E-state index in [1.165, 1.54) is 11.3 Å². The Morgan fingerprint density at radius 2 is 1.79 bits per heavy atom. The molecule has 2 heterocycles. The Labute approximate surface area is 172 Å². The first-order valence-corrected chi connectivity index (χ1v) is 10.6. The van der Waals surface area contributed by atoms with E-state index in [4.69, 9.17) is 0 Å². The summed E-state index contributed by atoms with van der Waals surface area (Å²) in [7, 11) is 0. The van der Waals surface area contributed by atoms with Crippen molar-refractivity contribution in [2.24, 2.45) is 0 Å². The molecule has 3 aromatic rings. The van der Waals surface area contributed by atoms with Crippen LogP contribution in [0.4, 0.5) is 5.13 Å². The van der Waals surface area contributed by atoms with Gasteiger partial charge >= 0.3 is 0 Å². The molecule has 0 aliphatic carbocycles. The predicted molar refractivity (Wildman–Crippen MR) is 114 cm³/mol. The van der Waals surface area contributed by atoms with Crippen molar-refractivity contribution in [1.29, 1.82) is 0 Å². The zero-order valence-electron chi connectivity index (χ0n) is 16.1. The lowest BCUT2D eigenvalue weighted by atomic mass is 9.86. The number of carbonyl (C=O) groups excluding carboxylic acids is 2. The van der Waals surface area contributed by atoms with Crippen LogP contribution in [-0.4, -0.2) is 28.1 Å². The number of rotatable bonds is 5. The van der Waals surface area contributed by atoms with E-state index in [1.54, 1.807) is 30.4 Å². The van der Waals surface area contributed by atoms with E-state index in [1.807, 2.05) is 29.0 Å². The van der Waals surface area contributed by atoms with E-state index in [2.05, 4.69) is 41.6 Å². The molecule has 0 saturated carbocycles. The highest BCUT2D eigenvalue weighted by Gasteiger charge is 2.19. The maximum absolute atomic E-state index is 12.4. The van der Waals surface area contributed by atoms with Gasteiger partial charge in [0.2, 0.25) is 11.0 Å². The largest absolute Gasteiger partial charge is 0.341 e. The number of aromatic nitrogens is 2. The third kappa shape index (κ3) is 4.82. The topological polar surface area (TPSA) is 84.0 Å². The number of nitrogens with one attached hydrogen (secondary N) is 2. The fraction of sp³-hybridized carbons (Fsp3) is 0.300. The molecule has 0 bridgehead atoms. The standard InChI is InChI=1S/C20H22N4O2S2/c1-12(21-17(26)13-5-7-15(8-6-13)20(2,3)4)16(25)22-19-24-23-18(28-19)14-9-10-27-11-14/h5-12H,1-4H3,(H,21,26)(H,22,24,25). The molecule has 0 aliphatic heterocycles. The maximum atomic E-state index is 12.4. The van der Waals surface area contributed by atoms with Crippen molar-refractivity contribution in [2.75, 3.05) is 5.32 Å². The minimum absolute atomic E-state index is 0.0196. The lowest BCUT2D eigenvalue weighted by molar-refractivity contribution is -0.117. The Kier molecular flexibility index (Phi) is 5.90. The van der Waals surface area contributed by atoms with Crippen LogP contribution in [0.3, 0.4) is 0 Å². The molecule has 2 amide bonds. The second kappa shape index (κ2) is 8.20. The summed E-state index contributed by atoms with van der Waals surface area (Å²) in [6.45, 7) is 7.99. The molecule has 2 N–H and O–H groups in total. The number of thiophene rings is 1. The molecule has 0 radical (unpaired) electrons. The lowest BCUT2D eigenvalue weighted by Crippen LogP contribution is -2.41. The summed E-state index contributed by atoms with van der Waals surface area (Å²) in [5.41, 5.74) is 2.66. The zero-order chi connectivity index (χ0) is 20.3. The van der Waals surface area contributed by atoms with Gasteiger partial charge in [-0.25, -0.2) is 0 Å². The van der Waals surface area contributed by atoms with Gasteiger partial charge in [-0.2, -0.15) is 11.3 Å². The monoisotopic (exact) mass is 414 g/mol. The van der Waals surface area contributed by atoms with Gasteiger partial charge in [0.1, 0.15) is 11.0 Å². The summed E-state index contributed by atoms with van der Waals surface area (Å²) < 4.78 is 0. The Bertz CT molecular complexity index is 957. The normalized spacial score (nSPS) is 12.4. The van der Waals surface area contributed by atoms with Crippen LogP contribution in [0, 0.1) is 0 Å². The quantitative estimate of drug-likeness (QED) is 0.651. The van der Waals surface area contributed by atoms with Gasteiger partial charge in [0.15, 0.2) is 0 Å². The van der Waals surface area contributed by atoms with Gasteiger partial charge in [-0.1, -0.05) is 44.2 Å². The van der Waals surface area contributed by atoms with Crippen molar-refractivity contribution in [1.82, 2.24) is 15.5 Å². The Morgan fingerprint density at radius 1 is 1.07 bits per heavy atom. The van der Waals surface area contributed by atoms with Crippen LogP contribution in [0.5, 0.6) is 0 Å². The Hall–Kier alpha value is -2.58. The van der Waals surface area contributed by atoms with E-state index in [9.17, 15) is 9.59 Å². The van der Waals surface area contributed by atoms with Crippen LogP contribution < -0.4 is 10.6 Å². The molecule has 0 spiro atoms. The Balaban J connectivity index is 1.58. The fourth-order valence-electron chi connectivity index (χ4n) is 2.46. The van der Waals surface area contributed by atoms with Crippen molar-refractivity contribution in [3.05, 3.63) is 52.2 Å². The number of amides is 2. The van der Waals surface area contributed by atoms with Crippen LogP contribution >= 0.6 is 22.7 Å². The van der Waals surface area contributed by atoms with Gasteiger partial charge < -0.3 is 5.32 Å². The summed E-state index contributed by atoms with van der Waals surface area (Å²) in [6, 6.07) is 8.67. The van der Waals surface area contributed by atoms with E-state index in [0.29, 0.717) is 10.7 Å². The average Bonchev–Trinajstić information content (AvgIpc) is 3.32. The highest BCUT2D eigenvalue weighted by Crippen LogP contribution is 2.28. The van der Waals surface area contributed by atoms with Crippen LogP contribution in [0.15, 0.2) is 41.1 Å². The highest BCUT2D eigenvalue weighted by molar-refractivity contribution is 7.19. The summed E-state index contributed by atoms with van der Waals surface area (Å²) in [5, 5.41) is 18.6. The van der Waals surface area contributed by atoms with E-state index in [-0.39, 0.29) is 17.2 Å². The molecule has 0 aliphatic rings. The van der Waals surface area contributed by atoms with Crippen LogP contribution in [-0.2, 0) is 10.2 Å². The summed E-state index contributed by atoms with van der Waals surface area (Å²) in [6.07, 6.45) is 0. The van der Waals surface area contributed by atoms with Gasteiger partial charge in [-0.05, 0) is 41.5 Å². The first-order chi connectivity index (χ1) is 13.2. The second-order valence-electron chi connectivity index (χ2n) is 7.44. The van der Waals surface area contributed by atoms with Gasteiger partial charge in [-0.15, -0.1) is 10.2 Å². The molecule has 6 nitrogen and oxygen atoms in total. The molecule has 28 heavy (non-hydrogen) atoms. The number of anilines is 1. The molecule has 146 valence electrons. The van der Waals surface area contributed by atoms with Crippen LogP contribution in [0.2, 0.25) is 0 Å². The lowest BCUT2D eigenvalue weighted by Gasteiger charge is -2.19. The molecule has 0 saturated heterocycles. The van der Waals surface area contributed by atoms with Crippen LogP contribution in [0.1, 0.15) is 43.6 Å². The minimum Gasteiger partial charge on any atom is -0.341 e. The number of carbonyl (C=O) groups is 2. The summed E-state index contributed by atoms with van der Waals surface area (Å²) in [4.78, 5) is 24.8. The van der Waals surface area contributed by atoms with E-state index in [0.717, 1.165) is 16.1 Å². The van der Waals surface area contributed by atoms with Crippen molar-refractivity contribution in [3.8, 4) is 10.6 Å². The third-order valence-corrected chi connectivity index (χ3v) is 5.75. The fourth-order valence-corrected chi connectivity index (χ4v) is 3.92. The van der Waals surface area contributed by atoms with Gasteiger partial charge in [0.25, 0.3) is 5.91 Å². The van der Waals surface area contributed by atoms with Crippen molar-refractivity contribution < 1.29 is 9.59 Å². The number of hydrogen-bond donors (Lipinski definition) is 2. The number of benzene rings is 1. The van der Waals surface area contributed by atoms with Gasteiger partial charge in [0, 0.05) is 16.5 Å². The van der Waals surface area contributed by atoms with E-state index >= 15 is 0 Å². The minimum atomic E-state index is -0.705. The molecule has 1 atom stereocenters. The third-order valence-electron chi connectivity index (χ3n) is 4.18. The van der Waals surface area contributed by atoms with Gasteiger partial charge in [-0.3, -0.25) is 14.9 Å². The first kappa shape index (κ1) is 20.2. The first-order valence-electron chi connectivity index (χ1n) is 8.82. The smallest absolute Gasteiger partial charge is 0.251 e. The number of nitrogens with zero attached hydrogens (tertiary/aromatic N) is 2. The van der Waals surface area contributed by atoms with Crippen LogP contribution in [0.25, 0.3) is 10.6 Å². The van der Waals surface area contributed by atoms with Crippen molar-refractivity contribution in [2.45, 2.75) is 39.2 Å². The average molecular weight is 415 g/mol. The van der Waals surface area contributed by atoms with Crippen molar-refractivity contribution in [3.63, 3.8) is 0 Å². The zero-order valence-corrected chi connectivity index (χ0v) is 17.8. The maximum Gasteiger partial charge on any atom is 0.251 e. The second-order valence-corrected chi connectivity index (χ2v) is 9.19. The SMILES string of the molecule is CC(NC(=O)c1ccc(C(C)(C)C)cc1)C(=O)Nc1nnc(-c2ccsc2)s1. The molecular weight excluding hydrogens is 392 g/mol. The predicted octanol–water partition coefficient (Wildman–Crippen LogP) is 4.32.